The van der Waals surface area contributed by atoms with E-state index >= 15 is 0 Å². The highest BCUT2D eigenvalue weighted by Crippen LogP contribution is 2.32. The van der Waals surface area contributed by atoms with Crippen LogP contribution >= 0.6 is 11.3 Å². The molecule has 1 heterocycles. The maximum atomic E-state index is 10.1. The van der Waals surface area contributed by atoms with Gasteiger partial charge in [-0.15, -0.1) is 11.3 Å². The van der Waals surface area contributed by atoms with Gasteiger partial charge in [-0.05, 0) is 43.0 Å². The van der Waals surface area contributed by atoms with Gasteiger partial charge < -0.3 is 15.5 Å². The Morgan fingerprint density at radius 1 is 1.50 bits per heavy atom. The van der Waals surface area contributed by atoms with Crippen LogP contribution in [0.4, 0.5) is 0 Å². The SMILES string of the molecule is CC1CCC(CO)(NCC(O)c2cccs2)CC1. The lowest BCUT2D eigenvalue weighted by Crippen LogP contribution is -2.51. The van der Waals surface area contributed by atoms with Crippen molar-refractivity contribution in [2.24, 2.45) is 5.92 Å². The first-order chi connectivity index (χ1) is 8.65. The van der Waals surface area contributed by atoms with E-state index in [9.17, 15) is 10.2 Å². The quantitative estimate of drug-likeness (QED) is 0.769. The van der Waals surface area contributed by atoms with Crippen molar-refractivity contribution in [3.05, 3.63) is 22.4 Å². The molecule has 1 aromatic rings. The minimum Gasteiger partial charge on any atom is -0.394 e. The Balaban J connectivity index is 1.87. The van der Waals surface area contributed by atoms with Gasteiger partial charge in [-0.3, -0.25) is 0 Å². The highest BCUT2D eigenvalue weighted by molar-refractivity contribution is 7.10. The van der Waals surface area contributed by atoms with Gasteiger partial charge in [0.15, 0.2) is 0 Å². The Labute approximate surface area is 113 Å². The summed E-state index contributed by atoms with van der Waals surface area (Å²) in [6.07, 6.45) is 3.85. The number of nitrogens with one attached hydrogen (secondary N) is 1. The number of β-amino-alcohol motifs (C(OH)–C–C–N with tert-alkyl or cyclic N) is 1. The van der Waals surface area contributed by atoms with Crippen LogP contribution in [-0.2, 0) is 0 Å². The summed E-state index contributed by atoms with van der Waals surface area (Å²) in [6, 6.07) is 3.90. The van der Waals surface area contributed by atoms with Crippen LogP contribution in [0, 0.1) is 5.92 Å². The van der Waals surface area contributed by atoms with Crippen LogP contribution in [0.5, 0.6) is 0 Å². The molecule has 18 heavy (non-hydrogen) atoms. The Morgan fingerprint density at radius 3 is 2.78 bits per heavy atom. The lowest BCUT2D eigenvalue weighted by Gasteiger charge is -2.39. The van der Waals surface area contributed by atoms with E-state index in [2.05, 4.69) is 12.2 Å². The van der Waals surface area contributed by atoms with Crippen LogP contribution in [0.15, 0.2) is 17.5 Å². The van der Waals surface area contributed by atoms with Crippen LogP contribution < -0.4 is 5.32 Å². The van der Waals surface area contributed by atoms with E-state index in [1.165, 1.54) is 0 Å². The monoisotopic (exact) mass is 269 g/mol. The lowest BCUT2D eigenvalue weighted by molar-refractivity contribution is 0.0844. The standard InChI is InChI=1S/C14H23NO2S/c1-11-4-6-14(10-16,7-5-11)15-9-12(17)13-3-2-8-18-13/h2-3,8,11-12,15-17H,4-7,9-10H2,1H3. The summed E-state index contributed by atoms with van der Waals surface area (Å²) in [6.45, 7) is 2.95. The highest BCUT2D eigenvalue weighted by Gasteiger charge is 2.33. The predicted octanol–water partition coefficient (Wildman–Crippen LogP) is 2.31. The topological polar surface area (TPSA) is 52.5 Å². The van der Waals surface area contributed by atoms with Crippen LogP contribution in [0.3, 0.4) is 0 Å². The zero-order chi connectivity index (χ0) is 13.0. The minimum absolute atomic E-state index is 0.164. The molecule has 1 aromatic heterocycles. The van der Waals surface area contributed by atoms with Gasteiger partial charge in [0.05, 0.1) is 6.61 Å². The van der Waals surface area contributed by atoms with Crippen molar-refractivity contribution in [2.45, 2.75) is 44.2 Å². The molecule has 1 aliphatic rings. The van der Waals surface area contributed by atoms with E-state index in [1.54, 1.807) is 11.3 Å². The third-order valence-electron chi connectivity index (χ3n) is 4.08. The van der Waals surface area contributed by atoms with Gasteiger partial charge in [0.1, 0.15) is 6.10 Å². The molecule has 0 bridgehead atoms. The molecule has 3 N–H and O–H groups in total. The van der Waals surface area contributed by atoms with Gasteiger partial charge in [0, 0.05) is 17.0 Å². The van der Waals surface area contributed by atoms with Gasteiger partial charge in [0.2, 0.25) is 0 Å². The molecule has 3 nitrogen and oxygen atoms in total. The average Bonchev–Trinajstić information content (AvgIpc) is 2.92. The van der Waals surface area contributed by atoms with E-state index < -0.39 is 6.10 Å². The molecule has 1 atom stereocenters. The van der Waals surface area contributed by atoms with Crippen molar-refractivity contribution in [3.8, 4) is 0 Å². The predicted molar refractivity (Wildman–Crippen MR) is 74.7 cm³/mol. The molecular weight excluding hydrogens is 246 g/mol. The summed E-state index contributed by atoms with van der Waals surface area (Å²) < 4.78 is 0. The van der Waals surface area contributed by atoms with Crippen molar-refractivity contribution in [1.29, 1.82) is 0 Å². The fraction of sp³-hybridized carbons (Fsp3) is 0.714. The summed E-state index contributed by atoms with van der Waals surface area (Å²) in [4.78, 5) is 0.986. The Morgan fingerprint density at radius 2 is 2.22 bits per heavy atom. The molecule has 1 saturated carbocycles. The number of hydrogen-bond acceptors (Lipinski definition) is 4. The maximum absolute atomic E-state index is 10.1. The van der Waals surface area contributed by atoms with Crippen LogP contribution in [0.1, 0.15) is 43.6 Å². The summed E-state index contributed by atoms with van der Waals surface area (Å²) >= 11 is 1.57. The molecule has 1 fully saturated rings. The first kappa shape index (κ1) is 14.0. The van der Waals surface area contributed by atoms with Gasteiger partial charge in [-0.25, -0.2) is 0 Å². The second kappa shape index (κ2) is 6.15. The smallest absolute Gasteiger partial charge is 0.101 e. The minimum atomic E-state index is -0.465. The lowest BCUT2D eigenvalue weighted by atomic mass is 9.77. The van der Waals surface area contributed by atoms with Crippen molar-refractivity contribution < 1.29 is 10.2 Å². The molecule has 0 amide bonds. The zero-order valence-electron chi connectivity index (χ0n) is 10.9. The van der Waals surface area contributed by atoms with Gasteiger partial charge in [-0.2, -0.15) is 0 Å². The molecule has 102 valence electrons. The molecule has 2 rings (SSSR count). The molecule has 0 radical (unpaired) electrons. The first-order valence-electron chi connectivity index (χ1n) is 6.72. The number of rotatable bonds is 5. The molecule has 1 unspecified atom stereocenters. The second-order valence-electron chi connectivity index (χ2n) is 5.53. The van der Waals surface area contributed by atoms with Gasteiger partial charge in [0.25, 0.3) is 0 Å². The van der Waals surface area contributed by atoms with Crippen molar-refractivity contribution >= 4 is 11.3 Å². The molecule has 1 aliphatic carbocycles. The average molecular weight is 269 g/mol. The maximum Gasteiger partial charge on any atom is 0.101 e. The van der Waals surface area contributed by atoms with Crippen LogP contribution in [0.25, 0.3) is 0 Å². The van der Waals surface area contributed by atoms with E-state index in [-0.39, 0.29) is 12.1 Å². The Hall–Kier alpha value is -0.420. The zero-order valence-corrected chi connectivity index (χ0v) is 11.7. The second-order valence-corrected chi connectivity index (χ2v) is 6.51. The van der Waals surface area contributed by atoms with Crippen molar-refractivity contribution in [3.63, 3.8) is 0 Å². The molecule has 0 aromatic carbocycles. The molecule has 4 heteroatoms. The number of thiophene rings is 1. The van der Waals surface area contributed by atoms with E-state index in [4.69, 9.17) is 0 Å². The van der Waals surface area contributed by atoms with E-state index in [0.717, 1.165) is 36.5 Å². The fourth-order valence-corrected chi connectivity index (χ4v) is 3.31. The van der Waals surface area contributed by atoms with Crippen molar-refractivity contribution in [1.82, 2.24) is 5.32 Å². The van der Waals surface area contributed by atoms with Crippen LogP contribution in [-0.4, -0.2) is 28.9 Å². The van der Waals surface area contributed by atoms with Gasteiger partial charge in [-0.1, -0.05) is 13.0 Å². The summed E-state index contributed by atoms with van der Waals surface area (Å²) in [5.41, 5.74) is -0.176. The molecular formula is C14H23NO2S. The Kier molecular flexibility index (Phi) is 4.78. The molecule has 0 saturated heterocycles. The number of aliphatic hydroxyl groups is 2. The van der Waals surface area contributed by atoms with Gasteiger partial charge >= 0.3 is 0 Å². The highest BCUT2D eigenvalue weighted by atomic mass is 32.1. The molecule has 0 spiro atoms. The largest absolute Gasteiger partial charge is 0.394 e. The van der Waals surface area contributed by atoms with Crippen LogP contribution in [0.2, 0.25) is 0 Å². The normalized spacial score (nSPS) is 30.3. The number of hydrogen-bond donors (Lipinski definition) is 3. The summed E-state index contributed by atoms with van der Waals surface area (Å²) in [5, 5.41) is 25.1. The third kappa shape index (κ3) is 3.32. The number of aliphatic hydroxyl groups excluding tert-OH is 2. The Bertz CT molecular complexity index is 345. The summed E-state index contributed by atoms with van der Waals surface area (Å²) in [5.74, 6) is 0.758. The summed E-state index contributed by atoms with van der Waals surface area (Å²) in [7, 11) is 0. The van der Waals surface area contributed by atoms with E-state index in [1.807, 2.05) is 17.5 Å². The van der Waals surface area contributed by atoms with Crippen molar-refractivity contribution in [2.75, 3.05) is 13.2 Å². The fourth-order valence-electron chi connectivity index (χ4n) is 2.60. The third-order valence-corrected chi connectivity index (χ3v) is 5.05. The van der Waals surface area contributed by atoms with E-state index in [0.29, 0.717) is 6.54 Å². The molecule has 0 aliphatic heterocycles. The first-order valence-corrected chi connectivity index (χ1v) is 7.60.